The minimum Gasteiger partial charge on any atom is -0.472 e. The molecular weight excluding hydrogens is 346 g/mol. The van der Waals surface area contributed by atoms with Crippen LogP contribution < -0.4 is 10.2 Å². The van der Waals surface area contributed by atoms with Crippen LogP contribution in [0.2, 0.25) is 0 Å². The molecule has 1 aromatic heterocycles. The van der Waals surface area contributed by atoms with E-state index in [0.29, 0.717) is 31.6 Å². The van der Waals surface area contributed by atoms with Crippen molar-refractivity contribution in [1.82, 2.24) is 10.2 Å². The summed E-state index contributed by atoms with van der Waals surface area (Å²) in [6, 6.07) is 1.67. The van der Waals surface area contributed by atoms with Crippen LogP contribution in [0.4, 0.5) is 0 Å². The normalized spacial score (nSPS) is 14.9. The summed E-state index contributed by atoms with van der Waals surface area (Å²) in [5, 5.41) is 2.98. The third-order valence-electron chi connectivity index (χ3n) is 4.95. The van der Waals surface area contributed by atoms with Gasteiger partial charge in [0.15, 0.2) is 0 Å². The van der Waals surface area contributed by atoms with Crippen molar-refractivity contribution in [1.29, 1.82) is 0 Å². The van der Waals surface area contributed by atoms with Crippen molar-refractivity contribution in [3.63, 3.8) is 0 Å². The Balaban J connectivity index is 1.72. The number of carbonyl (C=O) groups excluding carboxylic acids is 2. The summed E-state index contributed by atoms with van der Waals surface area (Å²) >= 11 is 0. The van der Waals surface area contributed by atoms with Crippen LogP contribution in [0, 0.1) is 0 Å². The summed E-state index contributed by atoms with van der Waals surface area (Å²) in [6.07, 6.45) is 7.67. The van der Waals surface area contributed by atoms with Crippen molar-refractivity contribution in [2.45, 2.75) is 39.0 Å². The Kier molecular flexibility index (Phi) is 9.94. The van der Waals surface area contributed by atoms with Gasteiger partial charge >= 0.3 is 0 Å². The van der Waals surface area contributed by atoms with E-state index in [1.165, 1.54) is 17.4 Å². The molecule has 1 aliphatic heterocycles. The lowest BCUT2D eigenvalue weighted by Gasteiger charge is -2.24. The smallest absolute Gasteiger partial charge is 0.257 e. The van der Waals surface area contributed by atoms with E-state index < -0.39 is 0 Å². The number of amides is 2. The fourth-order valence-electron chi connectivity index (χ4n) is 3.23. The molecule has 0 bridgehead atoms. The first-order valence-corrected chi connectivity index (χ1v) is 10.2. The molecule has 0 radical (unpaired) electrons. The number of nitrogens with zero attached hydrogens (tertiary/aromatic N) is 1. The van der Waals surface area contributed by atoms with Gasteiger partial charge in [0.05, 0.1) is 38.1 Å². The van der Waals surface area contributed by atoms with Crippen molar-refractivity contribution >= 4 is 11.8 Å². The molecule has 2 N–H and O–H groups in total. The van der Waals surface area contributed by atoms with Crippen LogP contribution in [0.15, 0.2) is 23.0 Å². The van der Waals surface area contributed by atoms with Gasteiger partial charge in [0.1, 0.15) is 19.4 Å². The molecule has 7 heteroatoms. The van der Waals surface area contributed by atoms with Gasteiger partial charge in [0, 0.05) is 19.5 Å². The second kappa shape index (κ2) is 12.5. The fraction of sp³-hybridized carbons (Fsp3) is 0.700. The maximum absolute atomic E-state index is 12.6. The summed E-state index contributed by atoms with van der Waals surface area (Å²) in [5.74, 6) is -0.0629. The van der Waals surface area contributed by atoms with E-state index in [2.05, 4.69) is 12.2 Å². The van der Waals surface area contributed by atoms with Gasteiger partial charge in [-0.15, -0.1) is 0 Å². The van der Waals surface area contributed by atoms with Crippen molar-refractivity contribution < 1.29 is 23.6 Å². The van der Waals surface area contributed by atoms with Crippen LogP contribution in [0.5, 0.6) is 0 Å². The van der Waals surface area contributed by atoms with Crippen molar-refractivity contribution in [2.24, 2.45) is 0 Å². The van der Waals surface area contributed by atoms with Crippen molar-refractivity contribution in [2.75, 3.05) is 52.5 Å². The summed E-state index contributed by atoms with van der Waals surface area (Å²) in [4.78, 5) is 28.0. The minimum absolute atomic E-state index is 0.00112. The molecule has 2 heterocycles. The molecule has 1 aliphatic rings. The van der Waals surface area contributed by atoms with Crippen LogP contribution in [-0.2, 0) is 9.53 Å². The standard InChI is InChI=1S/C20H33N3O4/c1-2-3-4-5-9-23(20(25)18-7-14-27-17-18)10-6-19(24)21-8-11-22-12-15-26-16-13-22/h7,14,17H,2-6,8-13,15-16H2,1H3,(H,21,24)/p+1. The second-order valence-corrected chi connectivity index (χ2v) is 7.08. The zero-order valence-electron chi connectivity index (χ0n) is 16.5. The average molecular weight is 381 g/mol. The summed E-state index contributed by atoms with van der Waals surface area (Å²) < 4.78 is 10.4. The molecule has 0 spiro atoms. The van der Waals surface area contributed by atoms with Gasteiger partial charge in [-0.3, -0.25) is 9.59 Å². The van der Waals surface area contributed by atoms with Gasteiger partial charge in [-0.25, -0.2) is 0 Å². The Morgan fingerprint density at radius 1 is 1.19 bits per heavy atom. The van der Waals surface area contributed by atoms with E-state index in [9.17, 15) is 9.59 Å². The highest BCUT2D eigenvalue weighted by molar-refractivity contribution is 5.94. The van der Waals surface area contributed by atoms with Crippen LogP contribution >= 0.6 is 0 Å². The van der Waals surface area contributed by atoms with Crippen molar-refractivity contribution in [3.05, 3.63) is 24.2 Å². The predicted molar refractivity (Wildman–Crippen MR) is 103 cm³/mol. The summed E-state index contributed by atoms with van der Waals surface area (Å²) in [6.45, 7) is 8.46. The SMILES string of the molecule is CCCCCCN(CCC(=O)NCC[NH+]1CCOCC1)C(=O)c1ccoc1. The Hall–Kier alpha value is -1.86. The van der Waals surface area contributed by atoms with E-state index in [1.807, 2.05) is 0 Å². The number of furan rings is 1. The zero-order valence-corrected chi connectivity index (χ0v) is 16.5. The van der Waals surface area contributed by atoms with Crippen LogP contribution in [0.1, 0.15) is 49.4 Å². The highest BCUT2D eigenvalue weighted by atomic mass is 16.5. The Morgan fingerprint density at radius 3 is 2.70 bits per heavy atom. The fourth-order valence-corrected chi connectivity index (χ4v) is 3.23. The van der Waals surface area contributed by atoms with E-state index in [4.69, 9.17) is 9.15 Å². The molecule has 2 amide bonds. The molecule has 0 aliphatic carbocycles. The zero-order chi connectivity index (χ0) is 19.3. The first-order valence-electron chi connectivity index (χ1n) is 10.2. The molecule has 2 rings (SSSR count). The molecular formula is C20H34N3O4+. The highest BCUT2D eigenvalue weighted by Gasteiger charge is 2.18. The van der Waals surface area contributed by atoms with Gasteiger partial charge < -0.3 is 24.3 Å². The maximum Gasteiger partial charge on any atom is 0.257 e. The lowest BCUT2D eigenvalue weighted by molar-refractivity contribution is -0.906. The van der Waals surface area contributed by atoms with Gasteiger partial charge in [-0.2, -0.15) is 0 Å². The lowest BCUT2D eigenvalue weighted by Crippen LogP contribution is -3.14. The van der Waals surface area contributed by atoms with Crippen LogP contribution in [-0.4, -0.2) is 69.2 Å². The number of hydrogen-bond donors (Lipinski definition) is 2. The monoisotopic (exact) mass is 380 g/mol. The van der Waals surface area contributed by atoms with Gasteiger partial charge in [-0.1, -0.05) is 26.2 Å². The highest BCUT2D eigenvalue weighted by Crippen LogP contribution is 2.09. The minimum atomic E-state index is -0.0641. The van der Waals surface area contributed by atoms with E-state index in [0.717, 1.165) is 58.5 Å². The Labute approximate surface area is 162 Å². The second-order valence-electron chi connectivity index (χ2n) is 7.08. The largest absolute Gasteiger partial charge is 0.472 e. The van der Waals surface area contributed by atoms with Crippen LogP contribution in [0.3, 0.4) is 0 Å². The number of rotatable bonds is 12. The summed E-state index contributed by atoms with van der Waals surface area (Å²) in [7, 11) is 0. The molecule has 1 saturated heterocycles. The lowest BCUT2D eigenvalue weighted by atomic mass is 10.2. The number of nitrogens with one attached hydrogen (secondary N) is 2. The molecule has 1 fully saturated rings. The number of ether oxygens (including phenoxy) is 1. The topological polar surface area (TPSA) is 76.2 Å². The first-order chi connectivity index (χ1) is 13.2. The third kappa shape index (κ3) is 8.13. The van der Waals surface area contributed by atoms with Gasteiger partial charge in [0.2, 0.25) is 5.91 Å². The summed E-state index contributed by atoms with van der Waals surface area (Å²) in [5.41, 5.74) is 0.543. The molecule has 0 aromatic carbocycles. The molecule has 0 unspecified atom stereocenters. The average Bonchev–Trinajstić information content (AvgIpc) is 3.22. The number of morpholine rings is 1. The Morgan fingerprint density at radius 2 is 2.00 bits per heavy atom. The van der Waals surface area contributed by atoms with Crippen LogP contribution in [0.25, 0.3) is 0 Å². The maximum atomic E-state index is 12.6. The van der Waals surface area contributed by atoms with Gasteiger partial charge in [-0.05, 0) is 12.5 Å². The first kappa shape index (κ1) is 21.4. The van der Waals surface area contributed by atoms with E-state index in [1.54, 1.807) is 11.0 Å². The van der Waals surface area contributed by atoms with E-state index >= 15 is 0 Å². The molecule has 1 aromatic rings. The number of unbranched alkanes of at least 4 members (excludes halogenated alkanes) is 3. The Bertz CT molecular complexity index is 541. The number of carbonyl (C=O) groups is 2. The molecule has 0 saturated carbocycles. The number of quaternary nitrogens is 1. The molecule has 152 valence electrons. The molecule has 7 nitrogen and oxygen atoms in total. The van der Waals surface area contributed by atoms with Crippen molar-refractivity contribution in [3.8, 4) is 0 Å². The quantitative estimate of drug-likeness (QED) is 0.524. The predicted octanol–water partition coefficient (Wildman–Crippen LogP) is 0.724. The molecule has 0 atom stereocenters. The van der Waals surface area contributed by atoms with E-state index in [-0.39, 0.29) is 11.8 Å². The third-order valence-corrected chi connectivity index (χ3v) is 4.95. The van der Waals surface area contributed by atoms with Gasteiger partial charge in [0.25, 0.3) is 5.91 Å². The molecule has 27 heavy (non-hydrogen) atoms. The number of hydrogen-bond acceptors (Lipinski definition) is 4.